The van der Waals surface area contributed by atoms with Crippen LogP contribution in [-0.4, -0.2) is 70.0 Å². The molecule has 0 saturated carbocycles. The Balaban J connectivity index is 1.57. The molecule has 1 atom stereocenters. The Morgan fingerprint density at radius 1 is 1.04 bits per heavy atom. The second-order valence-corrected chi connectivity index (χ2v) is 7.50. The third-order valence-electron chi connectivity index (χ3n) is 5.96. The summed E-state index contributed by atoms with van der Waals surface area (Å²) in [5.41, 5.74) is 1.87. The number of likely N-dealkylation sites (tertiary alicyclic amines) is 2. The highest BCUT2D eigenvalue weighted by Gasteiger charge is 2.47. The first kappa shape index (κ1) is 17.9. The predicted octanol–water partition coefficient (Wildman–Crippen LogP) is 2.49. The molecule has 2 saturated heterocycles. The summed E-state index contributed by atoms with van der Waals surface area (Å²) in [6.07, 6.45) is 2.58. The van der Waals surface area contributed by atoms with Gasteiger partial charge < -0.3 is 14.4 Å². The van der Waals surface area contributed by atoms with E-state index in [9.17, 15) is 0 Å². The lowest BCUT2D eigenvalue weighted by atomic mass is 9.71. The van der Waals surface area contributed by atoms with E-state index >= 15 is 0 Å². The van der Waals surface area contributed by atoms with E-state index < -0.39 is 0 Å². The fourth-order valence-corrected chi connectivity index (χ4v) is 4.53. The van der Waals surface area contributed by atoms with Crippen molar-refractivity contribution in [2.45, 2.75) is 19.4 Å². The zero-order valence-corrected chi connectivity index (χ0v) is 15.2. The first-order valence-electron chi connectivity index (χ1n) is 9.22. The van der Waals surface area contributed by atoms with E-state index in [0.29, 0.717) is 11.3 Å². The molecule has 0 amide bonds. The van der Waals surface area contributed by atoms with Crippen LogP contribution >= 0.6 is 0 Å². The zero-order valence-electron chi connectivity index (χ0n) is 15.2. The molecule has 4 heteroatoms. The minimum atomic E-state index is 0.441. The zero-order chi connectivity index (χ0) is 16.8. The molecule has 2 fully saturated rings. The number of methoxy groups -OCH3 is 2. The molecule has 2 aliphatic heterocycles. The molecule has 4 nitrogen and oxygen atoms in total. The van der Waals surface area contributed by atoms with Gasteiger partial charge in [0, 0.05) is 46.3 Å². The van der Waals surface area contributed by atoms with E-state index in [4.69, 9.17) is 9.47 Å². The maximum Gasteiger partial charge on any atom is 0.0589 e. The number of hydrogen-bond acceptors (Lipinski definition) is 4. The summed E-state index contributed by atoms with van der Waals surface area (Å²) in [7, 11) is 3.64. The summed E-state index contributed by atoms with van der Waals surface area (Å²) in [5.74, 6) is 0.665. The minimum Gasteiger partial charge on any atom is -0.384 e. The number of nitrogens with zero attached hydrogens (tertiary/aromatic N) is 2. The van der Waals surface area contributed by atoms with E-state index in [1.54, 1.807) is 7.11 Å². The van der Waals surface area contributed by atoms with Gasteiger partial charge in [-0.1, -0.05) is 30.3 Å². The molecule has 2 heterocycles. The Morgan fingerprint density at radius 3 is 2.46 bits per heavy atom. The highest BCUT2D eigenvalue weighted by atomic mass is 16.5. The van der Waals surface area contributed by atoms with Gasteiger partial charge in [0.2, 0.25) is 0 Å². The van der Waals surface area contributed by atoms with Crippen LogP contribution in [0, 0.1) is 11.3 Å². The lowest BCUT2D eigenvalue weighted by molar-refractivity contribution is 0.0348. The van der Waals surface area contributed by atoms with Gasteiger partial charge in [-0.05, 0) is 36.9 Å². The average molecular weight is 332 g/mol. The largest absolute Gasteiger partial charge is 0.384 e. The first-order valence-corrected chi connectivity index (χ1v) is 9.22. The summed E-state index contributed by atoms with van der Waals surface area (Å²) in [6.45, 7) is 8.63. The maximum atomic E-state index is 5.56. The van der Waals surface area contributed by atoms with Crippen LogP contribution in [0.5, 0.6) is 0 Å². The second kappa shape index (κ2) is 8.43. The fourth-order valence-electron chi connectivity index (χ4n) is 4.53. The van der Waals surface area contributed by atoms with E-state index in [-0.39, 0.29) is 0 Å². The van der Waals surface area contributed by atoms with Gasteiger partial charge in [-0.15, -0.1) is 0 Å². The van der Waals surface area contributed by atoms with Gasteiger partial charge >= 0.3 is 0 Å². The molecular weight excluding hydrogens is 300 g/mol. The fraction of sp³-hybridized carbons (Fsp3) is 0.700. The van der Waals surface area contributed by atoms with E-state index in [0.717, 1.165) is 32.8 Å². The smallest absolute Gasteiger partial charge is 0.0589 e. The van der Waals surface area contributed by atoms with E-state index in [2.05, 4.69) is 40.1 Å². The third-order valence-corrected chi connectivity index (χ3v) is 5.96. The van der Waals surface area contributed by atoms with Crippen molar-refractivity contribution in [1.82, 2.24) is 9.80 Å². The summed E-state index contributed by atoms with van der Waals surface area (Å²) >= 11 is 0. The van der Waals surface area contributed by atoms with Crippen LogP contribution in [0.15, 0.2) is 30.3 Å². The average Bonchev–Trinajstić information content (AvgIpc) is 2.94. The summed E-state index contributed by atoms with van der Waals surface area (Å²) in [5, 5.41) is 0. The topological polar surface area (TPSA) is 24.9 Å². The Morgan fingerprint density at radius 2 is 1.79 bits per heavy atom. The molecule has 0 N–H and O–H groups in total. The Bertz CT molecular complexity index is 486. The Hall–Kier alpha value is -0.940. The van der Waals surface area contributed by atoms with Crippen molar-refractivity contribution in [2.24, 2.45) is 11.3 Å². The van der Waals surface area contributed by atoms with E-state index in [1.807, 2.05) is 7.11 Å². The van der Waals surface area contributed by atoms with Gasteiger partial charge in [-0.3, -0.25) is 4.90 Å². The van der Waals surface area contributed by atoms with Crippen LogP contribution in [0.25, 0.3) is 0 Å². The lowest BCUT2D eigenvalue weighted by Crippen LogP contribution is -2.45. The van der Waals surface area contributed by atoms with Crippen molar-refractivity contribution < 1.29 is 9.47 Å². The monoisotopic (exact) mass is 332 g/mol. The Kier molecular flexibility index (Phi) is 6.28. The molecule has 24 heavy (non-hydrogen) atoms. The minimum absolute atomic E-state index is 0.441. The Labute approximate surface area is 146 Å². The van der Waals surface area contributed by atoms with Crippen molar-refractivity contribution in [3.63, 3.8) is 0 Å². The second-order valence-electron chi connectivity index (χ2n) is 7.50. The van der Waals surface area contributed by atoms with Crippen LogP contribution in [0.2, 0.25) is 0 Å². The lowest BCUT2D eigenvalue weighted by Gasteiger charge is -2.42. The molecule has 2 aliphatic rings. The number of ether oxygens (including phenoxy) is 2. The van der Waals surface area contributed by atoms with Crippen LogP contribution in [0.4, 0.5) is 0 Å². The van der Waals surface area contributed by atoms with Crippen molar-refractivity contribution >= 4 is 0 Å². The molecule has 1 aromatic carbocycles. The van der Waals surface area contributed by atoms with Crippen molar-refractivity contribution in [1.29, 1.82) is 0 Å². The molecule has 1 spiro atoms. The van der Waals surface area contributed by atoms with Crippen LogP contribution < -0.4 is 0 Å². The molecule has 0 aromatic heterocycles. The van der Waals surface area contributed by atoms with Gasteiger partial charge in [0.15, 0.2) is 0 Å². The van der Waals surface area contributed by atoms with Gasteiger partial charge in [-0.25, -0.2) is 0 Å². The van der Waals surface area contributed by atoms with Crippen molar-refractivity contribution in [3.05, 3.63) is 35.9 Å². The summed E-state index contributed by atoms with van der Waals surface area (Å²) in [4.78, 5) is 5.20. The molecule has 1 unspecified atom stereocenters. The van der Waals surface area contributed by atoms with Crippen LogP contribution in [0.3, 0.4) is 0 Å². The van der Waals surface area contributed by atoms with Crippen molar-refractivity contribution in [3.8, 4) is 0 Å². The molecule has 3 rings (SSSR count). The number of benzene rings is 1. The van der Waals surface area contributed by atoms with Crippen LogP contribution in [-0.2, 0) is 16.0 Å². The normalized spacial score (nSPS) is 24.7. The van der Waals surface area contributed by atoms with E-state index in [1.165, 1.54) is 38.0 Å². The summed E-state index contributed by atoms with van der Waals surface area (Å²) in [6, 6.07) is 10.8. The molecule has 134 valence electrons. The van der Waals surface area contributed by atoms with Gasteiger partial charge in [0.25, 0.3) is 0 Å². The molecule has 0 radical (unpaired) electrons. The number of piperidine rings is 1. The predicted molar refractivity (Wildman–Crippen MR) is 97.1 cm³/mol. The van der Waals surface area contributed by atoms with Crippen molar-refractivity contribution in [2.75, 3.05) is 60.2 Å². The molecule has 0 bridgehead atoms. The molecular formula is C20H32N2O2. The third kappa shape index (κ3) is 4.17. The quantitative estimate of drug-likeness (QED) is 0.766. The highest BCUT2D eigenvalue weighted by molar-refractivity contribution is 5.14. The highest BCUT2D eigenvalue weighted by Crippen LogP contribution is 2.44. The number of hydrogen-bond donors (Lipinski definition) is 0. The molecule has 1 aromatic rings. The number of rotatable bonds is 7. The first-order chi connectivity index (χ1) is 11.8. The SMILES string of the molecule is COCCN1CC(COC)C2(CCN(Cc3ccccc3)CC2)C1. The van der Waals surface area contributed by atoms with Gasteiger partial charge in [0.05, 0.1) is 13.2 Å². The standard InChI is InChI=1S/C20H32N2O2/c1-23-13-12-22-15-19(16-24-2)20(17-22)8-10-21(11-9-20)14-18-6-4-3-5-7-18/h3-7,19H,8-17H2,1-2H3. The maximum absolute atomic E-state index is 5.56. The molecule has 0 aliphatic carbocycles. The van der Waals surface area contributed by atoms with Gasteiger partial charge in [-0.2, -0.15) is 0 Å². The van der Waals surface area contributed by atoms with Crippen LogP contribution in [0.1, 0.15) is 18.4 Å². The summed E-state index contributed by atoms with van der Waals surface area (Å²) < 4.78 is 10.8. The van der Waals surface area contributed by atoms with Gasteiger partial charge in [0.1, 0.15) is 0 Å².